The number of ketones is 1. The largest absolute Gasteiger partial charge is 0.324 e. The maximum absolute atomic E-state index is 13.1. The SMILES string of the molecule is C=C(/C=N\c1[nH]c(=O)[nH]c1C)CC(=O)C(C)(C)c1ccc(-c2cnc(C)nc2)cc1C. The quantitative estimate of drug-likeness (QED) is 0.560. The summed E-state index contributed by atoms with van der Waals surface area (Å²) in [5, 5.41) is 0. The lowest BCUT2D eigenvalue weighted by Gasteiger charge is -2.26. The number of hydrogen-bond acceptors (Lipinski definition) is 5. The average molecular weight is 418 g/mol. The standard InChI is InChI=1S/C24H27N5O2/c1-14(11-27-22-16(3)28-23(31)29-22)9-21(30)24(5,6)20-8-7-18(10-15(20)2)19-12-25-17(4)26-13-19/h7-8,10-13H,1,9H2,2-6H3,(H2,28,29,31)/b27-11-. The molecule has 160 valence electrons. The van der Waals surface area contributed by atoms with E-state index < -0.39 is 5.41 Å². The number of nitrogens with one attached hydrogen (secondary N) is 2. The minimum Gasteiger partial charge on any atom is -0.308 e. The maximum Gasteiger partial charge on any atom is 0.324 e. The smallest absolute Gasteiger partial charge is 0.308 e. The van der Waals surface area contributed by atoms with Crippen LogP contribution in [0.15, 0.2) is 52.5 Å². The van der Waals surface area contributed by atoms with Gasteiger partial charge in [-0.25, -0.2) is 19.8 Å². The Morgan fingerprint density at radius 1 is 1.13 bits per heavy atom. The highest BCUT2D eigenvalue weighted by molar-refractivity contribution is 5.96. The summed E-state index contributed by atoms with van der Waals surface area (Å²) in [6.45, 7) is 13.4. The van der Waals surface area contributed by atoms with Crippen LogP contribution in [0.25, 0.3) is 11.1 Å². The van der Waals surface area contributed by atoms with Crippen molar-refractivity contribution in [3.63, 3.8) is 0 Å². The summed E-state index contributed by atoms with van der Waals surface area (Å²) >= 11 is 0. The molecule has 7 heteroatoms. The summed E-state index contributed by atoms with van der Waals surface area (Å²) in [7, 11) is 0. The third kappa shape index (κ3) is 4.94. The van der Waals surface area contributed by atoms with Gasteiger partial charge in [0.05, 0.1) is 5.69 Å². The summed E-state index contributed by atoms with van der Waals surface area (Å²) in [5.41, 5.74) is 4.14. The Bertz CT molecular complexity index is 1210. The fourth-order valence-corrected chi connectivity index (χ4v) is 3.46. The summed E-state index contributed by atoms with van der Waals surface area (Å²) < 4.78 is 0. The molecule has 2 aromatic heterocycles. The van der Waals surface area contributed by atoms with E-state index in [1.165, 1.54) is 6.21 Å². The van der Waals surface area contributed by atoms with Crippen LogP contribution in [-0.4, -0.2) is 31.9 Å². The molecule has 2 heterocycles. The van der Waals surface area contributed by atoms with E-state index in [1.54, 1.807) is 19.3 Å². The van der Waals surface area contributed by atoms with Crippen molar-refractivity contribution < 1.29 is 4.79 Å². The molecule has 0 saturated carbocycles. The number of allylic oxidation sites excluding steroid dienone is 1. The first-order valence-electron chi connectivity index (χ1n) is 10.0. The molecule has 1 aromatic carbocycles. The van der Waals surface area contributed by atoms with Crippen molar-refractivity contribution in [3.05, 3.63) is 75.9 Å². The Hall–Kier alpha value is -3.61. The Balaban J connectivity index is 1.76. The number of nitrogens with zero attached hydrogens (tertiary/aromatic N) is 3. The molecule has 0 aliphatic rings. The number of carbonyl (C=O) groups is 1. The van der Waals surface area contributed by atoms with E-state index in [0.717, 1.165) is 28.1 Å². The van der Waals surface area contributed by atoms with Gasteiger partial charge in [-0.05, 0) is 56.9 Å². The fraction of sp³-hybridized carbons (Fsp3) is 0.292. The number of aliphatic imine (C=N–C) groups is 1. The van der Waals surface area contributed by atoms with E-state index >= 15 is 0 Å². The van der Waals surface area contributed by atoms with Crippen molar-refractivity contribution in [2.45, 2.75) is 46.5 Å². The highest BCUT2D eigenvalue weighted by atomic mass is 16.1. The second kappa shape index (κ2) is 8.63. The molecule has 3 rings (SSSR count). The Morgan fingerprint density at radius 3 is 2.39 bits per heavy atom. The minimum atomic E-state index is -0.693. The lowest BCUT2D eigenvalue weighted by atomic mass is 9.76. The van der Waals surface area contributed by atoms with Gasteiger partial charge in [-0.15, -0.1) is 0 Å². The van der Waals surface area contributed by atoms with Crippen LogP contribution in [-0.2, 0) is 10.2 Å². The maximum atomic E-state index is 13.1. The van der Waals surface area contributed by atoms with Crippen LogP contribution >= 0.6 is 0 Å². The monoisotopic (exact) mass is 417 g/mol. The van der Waals surface area contributed by atoms with Crippen molar-refractivity contribution in [2.75, 3.05) is 0 Å². The molecule has 0 atom stereocenters. The number of aromatic nitrogens is 4. The Kier molecular flexibility index (Phi) is 6.15. The second-order valence-electron chi connectivity index (χ2n) is 8.24. The number of aryl methyl sites for hydroxylation is 3. The van der Waals surface area contributed by atoms with Gasteiger partial charge < -0.3 is 4.98 Å². The molecule has 0 saturated heterocycles. The van der Waals surface area contributed by atoms with Gasteiger partial charge in [-0.1, -0.05) is 24.8 Å². The molecular formula is C24H27N5O2. The molecule has 0 bridgehead atoms. The normalized spacial score (nSPS) is 11.8. The third-order valence-corrected chi connectivity index (χ3v) is 5.36. The number of aromatic amines is 2. The Labute approximate surface area is 181 Å². The van der Waals surface area contributed by atoms with Gasteiger partial charge in [-0.3, -0.25) is 9.78 Å². The summed E-state index contributed by atoms with van der Waals surface area (Å²) in [6, 6.07) is 6.04. The number of H-pyrrole nitrogens is 2. The molecule has 0 fully saturated rings. The molecule has 0 aliphatic heterocycles. The summed E-state index contributed by atoms with van der Waals surface area (Å²) in [4.78, 5) is 42.4. The lowest BCUT2D eigenvalue weighted by Crippen LogP contribution is -2.30. The first-order chi connectivity index (χ1) is 14.6. The minimum absolute atomic E-state index is 0.0396. The van der Waals surface area contributed by atoms with Crippen LogP contribution in [0.2, 0.25) is 0 Å². The van der Waals surface area contributed by atoms with Gasteiger partial charge in [0.1, 0.15) is 11.6 Å². The topological polar surface area (TPSA) is 104 Å². The van der Waals surface area contributed by atoms with Gasteiger partial charge in [0.2, 0.25) is 0 Å². The van der Waals surface area contributed by atoms with Gasteiger partial charge in [0.15, 0.2) is 5.82 Å². The van der Waals surface area contributed by atoms with Crippen LogP contribution in [0.1, 0.15) is 42.9 Å². The van der Waals surface area contributed by atoms with Crippen molar-refractivity contribution in [1.29, 1.82) is 0 Å². The van der Waals surface area contributed by atoms with E-state index in [2.05, 4.69) is 37.6 Å². The number of imidazole rings is 1. The molecule has 3 aromatic rings. The second-order valence-corrected chi connectivity index (χ2v) is 8.24. The zero-order valence-corrected chi connectivity index (χ0v) is 18.5. The van der Waals surface area contributed by atoms with Crippen LogP contribution in [0.5, 0.6) is 0 Å². The van der Waals surface area contributed by atoms with Crippen molar-refractivity contribution in [1.82, 2.24) is 19.9 Å². The van der Waals surface area contributed by atoms with E-state index in [0.29, 0.717) is 17.1 Å². The number of Topliss-reactive ketones (excluding diaryl/α,β-unsaturated/α-hetero) is 1. The molecule has 31 heavy (non-hydrogen) atoms. The lowest BCUT2D eigenvalue weighted by molar-refractivity contribution is -0.122. The van der Waals surface area contributed by atoms with Gasteiger partial charge in [-0.2, -0.15) is 0 Å². The summed E-state index contributed by atoms with van der Waals surface area (Å²) in [6.07, 6.45) is 5.29. The van der Waals surface area contributed by atoms with Gasteiger partial charge in [0.25, 0.3) is 0 Å². The molecule has 7 nitrogen and oxygen atoms in total. The van der Waals surface area contributed by atoms with Crippen molar-refractivity contribution in [3.8, 4) is 11.1 Å². The molecular weight excluding hydrogens is 390 g/mol. The summed E-state index contributed by atoms with van der Waals surface area (Å²) in [5.74, 6) is 1.20. The van der Waals surface area contributed by atoms with Crippen LogP contribution in [0.4, 0.5) is 5.82 Å². The average Bonchev–Trinajstić information content (AvgIpc) is 3.03. The van der Waals surface area contributed by atoms with E-state index in [9.17, 15) is 9.59 Å². The first-order valence-corrected chi connectivity index (χ1v) is 10.0. The molecule has 0 amide bonds. The third-order valence-electron chi connectivity index (χ3n) is 5.36. The first kappa shape index (κ1) is 22.1. The van der Waals surface area contributed by atoms with Crippen LogP contribution in [0, 0.1) is 20.8 Å². The number of carbonyl (C=O) groups excluding carboxylic acids is 1. The number of benzene rings is 1. The van der Waals surface area contributed by atoms with E-state index in [4.69, 9.17) is 0 Å². The molecule has 0 radical (unpaired) electrons. The molecule has 2 N–H and O–H groups in total. The van der Waals surface area contributed by atoms with Crippen molar-refractivity contribution >= 4 is 17.8 Å². The number of hydrogen-bond donors (Lipinski definition) is 2. The predicted octanol–water partition coefficient (Wildman–Crippen LogP) is 4.28. The molecule has 0 aliphatic carbocycles. The highest BCUT2D eigenvalue weighted by Crippen LogP contribution is 2.32. The van der Waals surface area contributed by atoms with Gasteiger partial charge in [0, 0.05) is 36.0 Å². The van der Waals surface area contributed by atoms with Crippen LogP contribution in [0.3, 0.4) is 0 Å². The fourth-order valence-electron chi connectivity index (χ4n) is 3.46. The predicted molar refractivity (Wildman–Crippen MR) is 123 cm³/mol. The highest BCUT2D eigenvalue weighted by Gasteiger charge is 2.31. The number of rotatable bonds is 7. The van der Waals surface area contributed by atoms with Crippen molar-refractivity contribution in [2.24, 2.45) is 4.99 Å². The molecule has 0 spiro atoms. The van der Waals surface area contributed by atoms with E-state index in [1.807, 2.05) is 39.8 Å². The van der Waals surface area contributed by atoms with Gasteiger partial charge >= 0.3 is 5.69 Å². The van der Waals surface area contributed by atoms with E-state index in [-0.39, 0.29) is 17.9 Å². The molecule has 0 unspecified atom stereocenters. The Morgan fingerprint density at radius 2 is 1.81 bits per heavy atom. The zero-order valence-electron chi connectivity index (χ0n) is 18.5. The van der Waals surface area contributed by atoms with Crippen LogP contribution < -0.4 is 5.69 Å². The zero-order chi connectivity index (χ0) is 22.8.